The van der Waals surface area contributed by atoms with Gasteiger partial charge in [-0.2, -0.15) is 0 Å². The summed E-state index contributed by atoms with van der Waals surface area (Å²) in [4.78, 5) is 11.5. The monoisotopic (exact) mass is 397 g/mol. The number of alkyl halides is 3. The molecule has 0 aliphatic carbocycles. The van der Waals surface area contributed by atoms with Crippen molar-refractivity contribution in [2.75, 3.05) is 0 Å². The van der Waals surface area contributed by atoms with Gasteiger partial charge < -0.3 is 9.84 Å². The molecule has 0 bridgehead atoms. The van der Waals surface area contributed by atoms with Crippen LogP contribution in [-0.2, 0) is 6.54 Å². The first-order valence-corrected chi connectivity index (χ1v) is 7.88. The highest BCUT2D eigenvalue weighted by molar-refractivity contribution is 6.30. The fraction of sp³-hybridized carbons (Fsp3) is 0.118. The molecule has 3 aromatic rings. The molecular formula is C17H11ClF3N3O3. The van der Waals surface area contributed by atoms with Crippen LogP contribution in [0.2, 0.25) is 5.02 Å². The first-order valence-electron chi connectivity index (χ1n) is 7.50. The number of aromatic carboxylic acids is 1. The first-order chi connectivity index (χ1) is 12.7. The molecule has 0 spiro atoms. The summed E-state index contributed by atoms with van der Waals surface area (Å²) < 4.78 is 41.9. The zero-order valence-electron chi connectivity index (χ0n) is 13.4. The zero-order valence-corrected chi connectivity index (χ0v) is 14.2. The highest BCUT2D eigenvalue weighted by Gasteiger charge is 2.31. The molecule has 0 unspecified atom stereocenters. The van der Waals surface area contributed by atoms with E-state index in [4.69, 9.17) is 11.6 Å². The standard InChI is InChI=1S/C17H11ClF3N3O3/c18-12-3-1-2-11(8-12)15-14(16(25)26)22-23-24(15)9-10-4-6-13(7-5-10)27-17(19,20)21/h1-8H,9H2,(H,25,26). The van der Waals surface area contributed by atoms with Crippen LogP contribution in [0.5, 0.6) is 5.75 Å². The maximum absolute atomic E-state index is 12.2. The topological polar surface area (TPSA) is 77.2 Å². The third-order valence-electron chi connectivity index (χ3n) is 3.53. The van der Waals surface area contributed by atoms with Crippen molar-refractivity contribution in [3.05, 3.63) is 64.8 Å². The summed E-state index contributed by atoms with van der Waals surface area (Å²) in [5, 5.41) is 17.3. The molecule has 0 radical (unpaired) electrons. The third-order valence-corrected chi connectivity index (χ3v) is 3.76. The molecule has 140 valence electrons. The van der Waals surface area contributed by atoms with Crippen molar-refractivity contribution in [2.24, 2.45) is 0 Å². The second-order valence-corrected chi connectivity index (χ2v) is 5.89. The zero-order chi connectivity index (χ0) is 19.6. The summed E-state index contributed by atoms with van der Waals surface area (Å²) in [5.41, 5.74) is 1.06. The number of halogens is 4. The van der Waals surface area contributed by atoms with Crippen LogP contribution in [0.15, 0.2) is 48.5 Å². The highest BCUT2D eigenvalue weighted by Crippen LogP contribution is 2.27. The minimum absolute atomic E-state index is 0.0917. The van der Waals surface area contributed by atoms with Gasteiger partial charge in [0.25, 0.3) is 0 Å². The maximum atomic E-state index is 12.2. The van der Waals surface area contributed by atoms with E-state index in [2.05, 4.69) is 15.0 Å². The van der Waals surface area contributed by atoms with Gasteiger partial charge in [0.05, 0.1) is 6.54 Å². The maximum Gasteiger partial charge on any atom is 0.573 e. The Labute approximate surface area is 155 Å². The van der Waals surface area contributed by atoms with Crippen molar-refractivity contribution in [3.63, 3.8) is 0 Å². The van der Waals surface area contributed by atoms with Gasteiger partial charge in [-0.3, -0.25) is 0 Å². The van der Waals surface area contributed by atoms with E-state index in [1.54, 1.807) is 24.3 Å². The van der Waals surface area contributed by atoms with Crippen molar-refractivity contribution < 1.29 is 27.8 Å². The molecule has 0 aliphatic rings. The van der Waals surface area contributed by atoms with Gasteiger partial charge in [-0.15, -0.1) is 18.3 Å². The van der Waals surface area contributed by atoms with E-state index in [1.807, 2.05) is 0 Å². The van der Waals surface area contributed by atoms with Crippen LogP contribution in [0.4, 0.5) is 13.2 Å². The van der Waals surface area contributed by atoms with Crippen molar-refractivity contribution in [1.82, 2.24) is 15.0 Å². The number of ether oxygens (including phenoxy) is 1. The first kappa shape index (κ1) is 18.7. The lowest BCUT2D eigenvalue weighted by molar-refractivity contribution is -0.274. The number of carbonyl (C=O) groups is 1. The smallest absolute Gasteiger partial charge is 0.476 e. The van der Waals surface area contributed by atoms with Crippen LogP contribution >= 0.6 is 11.6 Å². The number of hydrogen-bond donors (Lipinski definition) is 1. The fourth-order valence-corrected chi connectivity index (χ4v) is 2.65. The van der Waals surface area contributed by atoms with E-state index >= 15 is 0 Å². The molecule has 10 heteroatoms. The average Bonchev–Trinajstić information content (AvgIpc) is 2.99. The minimum atomic E-state index is -4.77. The van der Waals surface area contributed by atoms with Crippen LogP contribution in [0.3, 0.4) is 0 Å². The minimum Gasteiger partial charge on any atom is -0.476 e. The molecule has 1 N–H and O–H groups in total. The largest absolute Gasteiger partial charge is 0.573 e. The summed E-state index contributed by atoms with van der Waals surface area (Å²) in [6.07, 6.45) is -4.77. The SMILES string of the molecule is O=C(O)c1nnn(Cc2ccc(OC(F)(F)F)cc2)c1-c1cccc(Cl)c1. The Balaban J connectivity index is 1.92. The Hall–Kier alpha value is -3.07. The molecule has 0 saturated heterocycles. The molecule has 2 aromatic carbocycles. The van der Waals surface area contributed by atoms with Gasteiger partial charge in [0.2, 0.25) is 0 Å². The predicted octanol–water partition coefficient (Wildman–Crippen LogP) is 4.24. The van der Waals surface area contributed by atoms with Crippen LogP contribution in [0.1, 0.15) is 16.1 Å². The Bertz CT molecular complexity index is 972. The molecule has 3 rings (SSSR count). The molecule has 6 nitrogen and oxygen atoms in total. The molecule has 0 saturated carbocycles. The Kier molecular flexibility index (Phi) is 5.04. The van der Waals surface area contributed by atoms with Crippen LogP contribution < -0.4 is 4.74 Å². The van der Waals surface area contributed by atoms with E-state index < -0.39 is 12.3 Å². The molecule has 0 amide bonds. The summed E-state index contributed by atoms with van der Waals surface area (Å²) in [6.45, 7) is 0.0917. The molecule has 27 heavy (non-hydrogen) atoms. The number of nitrogens with zero attached hydrogens (tertiary/aromatic N) is 3. The highest BCUT2D eigenvalue weighted by atomic mass is 35.5. The second-order valence-electron chi connectivity index (χ2n) is 5.45. The third kappa shape index (κ3) is 4.56. The molecule has 1 aromatic heterocycles. The molecule has 0 atom stereocenters. The summed E-state index contributed by atoms with van der Waals surface area (Å²) in [7, 11) is 0. The molecular weight excluding hydrogens is 387 g/mol. The number of hydrogen-bond acceptors (Lipinski definition) is 4. The summed E-state index contributed by atoms with van der Waals surface area (Å²) in [6, 6.07) is 11.7. The van der Waals surface area contributed by atoms with Gasteiger partial charge in [0.1, 0.15) is 11.4 Å². The number of rotatable bonds is 5. The van der Waals surface area contributed by atoms with Crippen molar-refractivity contribution in [3.8, 4) is 17.0 Å². The van der Waals surface area contributed by atoms with E-state index in [0.717, 1.165) is 12.1 Å². The Morgan fingerprint density at radius 1 is 1.19 bits per heavy atom. The molecule has 0 aliphatic heterocycles. The number of benzene rings is 2. The predicted molar refractivity (Wildman–Crippen MR) is 89.7 cm³/mol. The fourth-order valence-electron chi connectivity index (χ4n) is 2.46. The number of carboxylic acids is 1. The molecule has 0 fully saturated rings. The van der Waals surface area contributed by atoms with Gasteiger partial charge >= 0.3 is 12.3 Å². The van der Waals surface area contributed by atoms with Gasteiger partial charge in [-0.05, 0) is 29.8 Å². The molecule has 1 heterocycles. The van der Waals surface area contributed by atoms with Crippen molar-refractivity contribution >= 4 is 17.6 Å². The van der Waals surface area contributed by atoms with Crippen molar-refractivity contribution in [1.29, 1.82) is 0 Å². The summed E-state index contributed by atoms with van der Waals surface area (Å²) >= 11 is 5.97. The lowest BCUT2D eigenvalue weighted by Gasteiger charge is -2.10. The quantitative estimate of drug-likeness (QED) is 0.696. The number of aromatic nitrogens is 3. The van der Waals surface area contributed by atoms with E-state index in [1.165, 1.54) is 16.8 Å². The van der Waals surface area contributed by atoms with Crippen LogP contribution in [-0.4, -0.2) is 32.4 Å². The summed E-state index contributed by atoms with van der Waals surface area (Å²) in [5.74, 6) is -1.61. The van der Waals surface area contributed by atoms with Gasteiger partial charge in [0, 0.05) is 10.6 Å². The van der Waals surface area contributed by atoms with Gasteiger partial charge in [-0.25, -0.2) is 9.48 Å². The Morgan fingerprint density at radius 3 is 2.48 bits per heavy atom. The average molecular weight is 398 g/mol. The van der Waals surface area contributed by atoms with Crippen LogP contribution in [0.25, 0.3) is 11.3 Å². The van der Waals surface area contributed by atoms with Gasteiger partial charge in [-0.1, -0.05) is 41.1 Å². The van der Waals surface area contributed by atoms with E-state index in [9.17, 15) is 23.1 Å². The van der Waals surface area contributed by atoms with Gasteiger partial charge in [0.15, 0.2) is 5.69 Å². The lowest BCUT2D eigenvalue weighted by atomic mass is 10.1. The van der Waals surface area contributed by atoms with E-state index in [-0.39, 0.29) is 23.7 Å². The van der Waals surface area contributed by atoms with Crippen molar-refractivity contribution in [2.45, 2.75) is 12.9 Å². The lowest BCUT2D eigenvalue weighted by Crippen LogP contribution is -2.17. The Morgan fingerprint density at radius 2 is 1.89 bits per heavy atom. The number of carboxylic acid groups (broad SMARTS) is 1. The second kappa shape index (κ2) is 7.28. The normalized spacial score (nSPS) is 11.4. The van der Waals surface area contributed by atoms with E-state index in [0.29, 0.717) is 16.1 Å². The van der Waals surface area contributed by atoms with Crippen LogP contribution in [0, 0.1) is 0 Å².